The molecular formula is C5H6NO4SY-. The Morgan fingerprint density at radius 1 is 1.75 bits per heavy atom. The number of rotatable bonds is 3. The van der Waals surface area contributed by atoms with Crippen molar-refractivity contribution in [3.63, 3.8) is 0 Å². The molecule has 0 aliphatic heterocycles. The second kappa shape index (κ2) is 5.06. The van der Waals surface area contributed by atoms with Crippen molar-refractivity contribution in [1.82, 2.24) is 5.16 Å². The van der Waals surface area contributed by atoms with Crippen molar-refractivity contribution in [2.75, 3.05) is 6.26 Å². The van der Waals surface area contributed by atoms with E-state index in [1.807, 2.05) is 0 Å². The minimum Gasteiger partial charge on any atom is -0.480 e. The number of nitrogens with zero attached hydrogens (tertiary/aromatic N) is 1. The van der Waals surface area contributed by atoms with E-state index in [1.54, 1.807) is 0 Å². The largest absolute Gasteiger partial charge is 0.480 e. The van der Waals surface area contributed by atoms with Crippen molar-refractivity contribution in [3.05, 3.63) is 18.0 Å². The zero-order valence-corrected chi connectivity index (χ0v) is 10.0. The van der Waals surface area contributed by atoms with Crippen molar-refractivity contribution in [3.8, 4) is 0 Å². The van der Waals surface area contributed by atoms with Crippen LogP contribution in [0.3, 0.4) is 0 Å². The molecule has 0 bridgehead atoms. The third-order valence-corrected chi connectivity index (χ3v) is 1.41. The van der Waals surface area contributed by atoms with E-state index in [0.29, 0.717) is 5.69 Å². The fourth-order valence-corrected chi connectivity index (χ4v) is 0.776. The van der Waals surface area contributed by atoms with Gasteiger partial charge in [-0.3, -0.25) is 4.18 Å². The van der Waals surface area contributed by atoms with Crippen molar-refractivity contribution in [2.45, 2.75) is 6.61 Å². The third-order valence-electron chi connectivity index (χ3n) is 0.862. The van der Waals surface area contributed by atoms with E-state index in [4.69, 9.17) is 0 Å². The molecule has 0 amide bonds. The van der Waals surface area contributed by atoms with Crippen LogP contribution in [0.4, 0.5) is 0 Å². The van der Waals surface area contributed by atoms with Gasteiger partial charge in [0, 0.05) is 39.3 Å². The summed E-state index contributed by atoms with van der Waals surface area (Å²) in [6.45, 7) is -0.105. The second-order valence-electron chi connectivity index (χ2n) is 1.90. The number of aromatic nitrogens is 1. The smallest absolute Gasteiger partial charge is 0.263 e. The Morgan fingerprint density at radius 2 is 2.42 bits per heavy atom. The summed E-state index contributed by atoms with van der Waals surface area (Å²) >= 11 is 0. The molecule has 12 heavy (non-hydrogen) atoms. The van der Waals surface area contributed by atoms with E-state index in [-0.39, 0.29) is 39.3 Å². The van der Waals surface area contributed by atoms with Crippen molar-refractivity contribution >= 4 is 10.1 Å². The van der Waals surface area contributed by atoms with Gasteiger partial charge in [-0.05, 0) is 12.0 Å². The fraction of sp³-hybridized carbons (Fsp3) is 0.400. The van der Waals surface area contributed by atoms with Gasteiger partial charge in [-0.15, -0.1) is 0 Å². The topological polar surface area (TPSA) is 69.4 Å². The van der Waals surface area contributed by atoms with Crippen LogP contribution >= 0.6 is 0 Å². The minimum atomic E-state index is -3.40. The molecule has 0 atom stereocenters. The summed E-state index contributed by atoms with van der Waals surface area (Å²) in [6, 6.07) is 1.41. The zero-order valence-electron chi connectivity index (χ0n) is 6.35. The average molecular weight is 265 g/mol. The van der Waals surface area contributed by atoms with E-state index >= 15 is 0 Å². The first-order valence-electron chi connectivity index (χ1n) is 2.74. The van der Waals surface area contributed by atoms with Crippen LogP contribution < -0.4 is 0 Å². The van der Waals surface area contributed by atoms with Gasteiger partial charge in [0.15, 0.2) is 0 Å². The van der Waals surface area contributed by atoms with Crippen LogP contribution in [-0.4, -0.2) is 19.8 Å². The predicted octanol–water partition coefficient (Wildman–Crippen LogP) is -0.0515. The van der Waals surface area contributed by atoms with Crippen LogP contribution in [0.2, 0.25) is 0 Å². The van der Waals surface area contributed by atoms with Crippen LogP contribution in [-0.2, 0) is 53.6 Å². The fourth-order valence-electron chi connectivity index (χ4n) is 0.441. The average Bonchev–Trinajstić information content (AvgIpc) is 2.32. The molecule has 1 heterocycles. The molecule has 0 unspecified atom stereocenters. The molecule has 65 valence electrons. The maximum Gasteiger partial charge on any atom is 0.263 e. The van der Waals surface area contributed by atoms with Gasteiger partial charge >= 0.3 is 0 Å². The number of hydrogen-bond acceptors (Lipinski definition) is 5. The first kappa shape index (κ1) is 12.2. The quantitative estimate of drug-likeness (QED) is 0.566. The SMILES string of the molecule is CS(=O)(=O)OCc1c[c-]on1.[Y]. The van der Waals surface area contributed by atoms with Crippen LogP contribution in [0.15, 0.2) is 10.6 Å². The normalized spacial score (nSPS) is 10.8. The molecule has 0 saturated carbocycles. The Labute approximate surface area is 95.5 Å². The molecule has 0 fully saturated rings. The van der Waals surface area contributed by atoms with Crippen LogP contribution in [0.25, 0.3) is 0 Å². The van der Waals surface area contributed by atoms with E-state index in [2.05, 4.69) is 20.1 Å². The Morgan fingerprint density at radius 3 is 2.83 bits per heavy atom. The molecule has 1 radical (unpaired) electrons. The van der Waals surface area contributed by atoms with Crippen LogP contribution in [0.1, 0.15) is 5.69 Å². The summed E-state index contributed by atoms with van der Waals surface area (Å²) in [4.78, 5) is 0. The monoisotopic (exact) mass is 265 g/mol. The molecule has 1 aromatic rings. The predicted molar refractivity (Wildman–Crippen MR) is 35.0 cm³/mol. The van der Waals surface area contributed by atoms with Crippen molar-refractivity contribution in [2.24, 2.45) is 0 Å². The molecule has 7 heteroatoms. The molecule has 0 spiro atoms. The van der Waals surface area contributed by atoms with Gasteiger partial charge in [0.2, 0.25) is 0 Å². The van der Waals surface area contributed by atoms with Gasteiger partial charge in [-0.1, -0.05) is 0 Å². The Bertz CT molecular complexity index is 306. The maximum absolute atomic E-state index is 10.4. The summed E-state index contributed by atoms with van der Waals surface area (Å²) in [5.41, 5.74) is 0.399. The zero-order chi connectivity index (χ0) is 8.32. The van der Waals surface area contributed by atoms with Gasteiger partial charge in [-0.2, -0.15) is 14.5 Å². The molecule has 0 aromatic carbocycles. The third kappa shape index (κ3) is 4.97. The Kier molecular flexibility index (Phi) is 5.16. The van der Waals surface area contributed by atoms with Crippen LogP contribution in [0.5, 0.6) is 0 Å². The Balaban J connectivity index is 0.00000121. The molecule has 0 aliphatic rings. The molecular weight excluding hydrogens is 259 g/mol. The summed E-state index contributed by atoms with van der Waals surface area (Å²) < 4.78 is 29.6. The first-order valence-corrected chi connectivity index (χ1v) is 4.55. The first-order chi connectivity index (χ1) is 5.08. The molecule has 0 saturated heterocycles. The summed E-state index contributed by atoms with van der Waals surface area (Å²) in [7, 11) is -3.40. The number of hydrogen-bond donors (Lipinski definition) is 0. The van der Waals surface area contributed by atoms with Crippen molar-refractivity contribution < 1.29 is 49.8 Å². The standard InChI is InChI=1S/C5H6NO4S.Y/c1-11(7,8)10-4-5-2-3-9-6-5;/h2H,4H2,1H3;/q-1;. The van der Waals surface area contributed by atoms with Crippen LogP contribution in [0, 0.1) is 6.26 Å². The summed E-state index contributed by atoms with van der Waals surface area (Å²) in [5.74, 6) is 0. The van der Waals surface area contributed by atoms with E-state index in [0.717, 1.165) is 6.26 Å². The van der Waals surface area contributed by atoms with E-state index in [1.165, 1.54) is 6.07 Å². The van der Waals surface area contributed by atoms with Gasteiger partial charge in [0.05, 0.1) is 6.26 Å². The molecule has 1 aromatic heterocycles. The van der Waals surface area contributed by atoms with Gasteiger partial charge in [0.1, 0.15) is 0 Å². The molecule has 1 rings (SSSR count). The maximum atomic E-state index is 10.4. The minimum absolute atomic E-state index is 0. The molecule has 0 N–H and O–H groups in total. The van der Waals surface area contributed by atoms with E-state index < -0.39 is 10.1 Å². The van der Waals surface area contributed by atoms with Gasteiger partial charge < -0.3 is 4.52 Å². The summed E-state index contributed by atoms with van der Waals surface area (Å²) in [5, 5.41) is 3.40. The second-order valence-corrected chi connectivity index (χ2v) is 3.55. The Hall–Kier alpha value is 0.224. The molecule has 0 aliphatic carbocycles. The van der Waals surface area contributed by atoms with Gasteiger partial charge in [0.25, 0.3) is 10.1 Å². The van der Waals surface area contributed by atoms with Crippen molar-refractivity contribution in [1.29, 1.82) is 0 Å². The molecule has 5 nitrogen and oxygen atoms in total. The van der Waals surface area contributed by atoms with Gasteiger partial charge in [-0.25, -0.2) is 5.16 Å². The summed E-state index contributed by atoms with van der Waals surface area (Å²) in [6.07, 6.45) is 3.27. The van der Waals surface area contributed by atoms with E-state index in [9.17, 15) is 8.42 Å².